The van der Waals surface area contributed by atoms with E-state index in [4.69, 9.17) is 0 Å². The van der Waals surface area contributed by atoms with Gasteiger partial charge in [-0.15, -0.1) is 0 Å². The lowest BCUT2D eigenvalue weighted by Gasteiger charge is -2.34. The Morgan fingerprint density at radius 2 is 2.06 bits per heavy atom. The largest absolute Gasteiger partial charge is 0.371 e. The van der Waals surface area contributed by atoms with Gasteiger partial charge in [-0.25, -0.2) is 0 Å². The van der Waals surface area contributed by atoms with E-state index in [1.807, 2.05) is 0 Å². The van der Waals surface area contributed by atoms with Gasteiger partial charge in [0.2, 0.25) is 0 Å². The average Bonchev–Trinajstić information content (AvgIpc) is 2.34. The highest BCUT2D eigenvalue weighted by Gasteiger charge is 2.18. The van der Waals surface area contributed by atoms with Gasteiger partial charge in [-0.05, 0) is 66.6 Å². The van der Waals surface area contributed by atoms with E-state index in [-0.39, 0.29) is 0 Å². The van der Waals surface area contributed by atoms with Gasteiger partial charge in [0.25, 0.3) is 0 Å². The third-order valence-electron chi connectivity index (χ3n) is 3.51. The van der Waals surface area contributed by atoms with Crippen molar-refractivity contribution in [2.75, 3.05) is 24.5 Å². The number of nitrogens with zero attached hydrogens (tertiary/aromatic N) is 1. The van der Waals surface area contributed by atoms with Crippen LogP contribution in [0.3, 0.4) is 0 Å². The Kier molecular flexibility index (Phi) is 4.68. The van der Waals surface area contributed by atoms with Crippen molar-refractivity contribution >= 4 is 28.3 Å². The van der Waals surface area contributed by atoms with Crippen molar-refractivity contribution in [2.45, 2.75) is 32.7 Å². The summed E-state index contributed by atoms with van der Waals surface area (Å²) < 4.78 is 1.37. The molecule has 0 atom stereocenters. The highest BCUT2D eigenvalue weighted by Crippen LogP contribution is 2.23. The summed E-state index contributed by atoms with van der Waals surface area (Å²) in [6, 6.07) is 7.52. The Labute approximate surface area is 118 Å². The molecule has 1 aromatic rings. The smallest absolute Gasteiger partial charge is 0.0377 e. The van der Waals surface area contributed by atoms with Gasteiger partial charge in [-0.3, -0.25) is 0 Å². The highest BCUT2D eigenvalue weighted by atomic mass is 127. The molecule has 0 aromatic heterocycles. The Balaban J connectivity index is 1.98. The van der Waals surface area contributed by atoms with Crippen LogP contribution in [0.1, 0.15) is 25.3 Å². The van der Waals surface area contributed by atoms with E-state index in [1.165, 1.54) is 40.8 Å². The molecule has 0 aliphatic carbocycles. The lowest BCUT2D eigenvalue weighted by molar-refractivity contribution is 0.424. The van der Waals surface area contributed by atoms with Gasteiger partial charge >= 0.3 is 0 Å². The molecule has 2 nitrogen and oxygen atoms in total. The fourth-order valence-electron chi connectivity index (χ4n) is 2.41. The normalized spacial score (nSPS) is 17.5. The molecule has 1 N–H and O–H groups in total. The molecule has 0 saturated carbocycles. The zero-order chi connectivity index (χ0) is 12.3. The van der Waals surface area contributed by atoms with Crippen molar-refractivity contribution in [3.63, 3.8) is 0 Å². The second kappa shape index (κ2) is 6.05. The van der Waals surface area contributed by atoms with E-state index in [1.54, 1.807) is 0 Å². The molecule has 0 amide bonds. The standard InChI is InChI=1S/C14H21IN2/c1-3-16-12-6-8-17(9-7-12)13-5-4-11(2)14(15)10-13/h4-5,10,12,16H,3,6-9H2,1-2H3. The molecule has 0 spiro atoms. The summed E-state index contributed by atoms with van der Waals surface area (Å²) in [5.41, 5.74) is 2.76. The third-order valence-corrected chi connectivity index (χ3v) is 4.67. The number of rotatable bonds is 3. The topological polar surface area (TPSA) is 15.3 Å². The summed E-state index contributed by atoms with van der Waals surface area (Å²) in [5, 5.41) is 3.55. The molecule has 17 heavy (non-hydrogen) atoms. The van der Waals surface area contributed by atoms with Crippen LogP contribution in [0.25, 0.3) is 0 Å². The third kappa shape index (κ3) is 3.35. The Morgan fingerprint density at radius 3 is 2.65 bits per heavy atom. The first kappa shape index (κ1) is 13.1. The van der Waals surface area contributed by atoms with Crippen LogP contribution in [0, 0.1) is 10.5 Å². The van der Waals surface area contributed by atoms with Crippen LogP contribution in [0.5, 0.6) is 0 Å². The molecule has 1 aromatic carbocycles. The van der Waals surface area contributed by atoms with E-state index in [0.29, 0.717) is 0 Å². The molecule has 94 valence electrons. The Bertz CT molecular complexity index is 370. The first-order valence-electron chi connectivity index (χ1n) is 6.45. The van der Waals surface area contributed by atoms with E-state index in [0.717, 1.165) is 12.6 Å². The fraction of sp³-hybridized carbons (Fsp3) is 0.571. The van der Waals surface area contributed by atoms with Crippen molar-refractivity contribution in [1.82, 2.24) is 5.32 Å². The summed E-state index contributed by atoms with van der Waals surface area (Å²) in [7, 11) is 0. The first-order valence-corrected chi connectivity index (χ1v) is 7.53. The minimum atomic E-state index is 0.723. The number of hydrogen-bond donors (Lipinski definition) is 1. The van der Waals surface area contributed by atoms with E-state index in [2.05, 4.69) is 64.9 Å². The van der Waals surface area contributed by atoms with Gasteiger partial charge in [0.15, 0.2) is 0 Å². The van der Waals surface area contributed by atoms with Crippen molar-refractivity contribution in [2.24, 2.45) is 0 Å². The highest BCUT2D eigenvalue weighted by molar-refractivity contribution is 14.1. The van der Waals surface area contributed by atoms with E-state index >= 15 is 0 Å². The summed E-state index contributed by atoms with van der Waals surface area (Å²) in [4.78, 5) is 2.51. The van der Waals surface area contributed by atoms with Gasteiger partial charge in [0, 0.05) is 28.4 Å². The van der Waals surface area contributed by atoms with Crippen LogP contribution < -0.4 is 10.2 Å². The molecule has 1 aliphatic heterocycles. The molecule has 1 fully saturated rings. The minimum Gasteiger partial charge on any atom is -0.371 e. The number of halogens is 1. The molecule has 0 radical (unpaired) electrons. The summed E-state index contributed by atoms with van der Waals surface area (Å²) in [6.45, 7) is 7.80. The molecule has 0 unspecified atom stereocenters. The monoisotopic (exact) mass is 344 g/mol. The zero-order valence-electron chi connectivity index (χ0n) is 10.7. The lowest BCUT2D eigenvalue weighted by Crippen LogP contribution is -2.42. The SMILES string of the molecule is CCNC1CCN(c2ccc(C)c(I)c2)CC1. The quantitative estimate of drug-likeness (QED) is 0.848. The average molecular weight is 344 g/mol. The number of nitrogens with one attached hydrogen (secondary N) is 1. The maximum absolute atomic E-state index is 3.55. The summed E-state index contributed by atoms with van der Waals surface area (Å²) in [6.07, 6.45) is 2.52. The first-order chi connectivity index (χ1) is 8.20. The summed E-state index contributed by atoms with van der Waals surface area (Å²) >= 11 is 2.42. The molecule has 0 bridgehead atoms. The van der Waals surface area contributed by atoms with Crippen LogP contribution in [-0.4, -0.2) is 25.7 Å². The molecule has 1 saturated heterocycles. The minimum absolute atomic E-state index is 0.723. The van der Waals surface area contributed by atoms with Gasteiger partial charge in [-0.1, -0.05) is 13.0 Å². The van der Waals surface area contributed by atoms with Crippen molar-refractivity contribution in [3.05, 3.63) is 27.3 Å². The van der Waals surface area contributed by atoms with Gasteiger partial charge in [0.1, 0.15) is 0 Å². The Morgan fingerprint density at radius 1 is 1.35 bits per heavy atom. The second-order valence-electron chi connectivity index (χ2n) is 4.75. The predicted molar refractivity (Wildman–Crippen MR) is 82.8 cm³/mol. The predicted octanol–water partition coefficient (Wildman–Crippen LogP) is 3.18. The van der Waals surface area contributed by atoms with Crippen LogP contribution in [0.2, 0.25) is 0 Å². The number of benzene rings is 1. The molecule has 3 heteroatoms. The summed E-state index contributed by atoms with van der Waals surface area (Å²) in [5.74, 6) is 0. The maximum atomic E-state index is 3.55. The fourth-order valence-corrected chi connectivity index (χ4v) is 2.91. The number of anilines is 1. The van der Waals surface area contributed by atoms with Crippen molar-refractivity contribution in [3.8, 4) is 0 Å². The van der Waals surface area contributed by atoms with Crippen LogP contribution >= 0.6 is 22.6 Å². The molecular formula is C14H21IN2. The second-order valence-corrected chi connectivity index (χ2v) is 5.91. The van der Waals surface area contributed by atoms with Gasteiger partial charge < -0.3 is 10.2 Å². The molecule has 1 heterocycles. The number of hydrogen-bond acceptors (Lipinski definition) is 2. The van der Waals surface area contributed by atoms with Gasteiger partial charge in [0.05, 0.1) is 0 Å². The Hall–Kier alpha value is -0.290. The molecule has 2 rings (SSSR count). The van der Waals surface area contributed by atoms with Crippen molar-refractivity contribution in [1.29, 1.82) is 0 Å². The lowest BCUT2D eigenvalue weighted by atomic mass is 10.0. The maximum Gasteiger partial charge on any atom is 0.0377 e. The zero-order valence-corrected chi connectivity index (χ0v) is 12.8. The van der Waals surface area contributed by atoms with Crippen LogP contribution in [0.15, 0.2) is 18.2 Å². The van der Waals surface area contributed by atoms with E-state index < -0.39 is 0 Å². The van der Waals surface area contributed by atoms with Crippen molar-refractivity contribution < 1.29 is 0 Å². The van der Waals surface area contributed by atoms with Crippen LogP contribution in [-0.2, 0) is 0 Å². The number of piperidine rings is 1. The molecule has 1 aliphatic rings. The molecular weight excluding hydrogens is 323 g/mol. The van der Waals surface area contributed by atoms with Gasteiger partial charge in [-0.2, -0.15) is 0 Å². The van der Waals surface area contributed by atoms with E-state index in [9.17, 15) is 0 Å². The van der Waals surface area contributed by atoms with Crippen LogP contribution in [0.4, 0.5) is 5.69 Å². The number of aryl methyl sites for hydroxylation is 1.